The molecule has 0 unspecified atom stereocenters. The van der Waals surface area contributed by atoms with Gasteiger partial charge in [-0.3, -0.25) is 4.79 Å². The summed E-state index contributed by atoms with van der Waals surface area (Å²) in [4.78, 5) is 11.4. The summed E-state index contributed by atoms with van der Waals surface area (Å²) < 4.78 is 0. The fourth-order valence-corrected chi connectivity index (χ4v) is 2.91. The van der Waals surface area contributed by atoms with Crippen LogP contribution in [0.1, 0.15) is 117 Å². The van der Waals surface area contributed by atoms with Crippen molar-refractivity contribution in [3.63, 3.8) is 0 Å². The predicted molar refractivity (Wildman–Crippen MR) is 103 cm³/mol. The van der Waals surface area contributed by atoms with Crippen molar-refractivity contribution in [3.05, 3.63) is 12.3 Å². The van der Waals surface area contributed by atoms with Crippen LogP contribution >= 0.6 is 0 Å². The van der Waals surface area contributed by atoms with E-state index in [1.54, 1.807) is 6.20 Å². The predicted octanol–water partition coefficient (Wildman–Crippen LogP) is 6.90. The third-order valence-corrected chi connectivity index (χ3v) is 4.42. The van der Waals surface area contributed by atoms with E-state index in [0.717, 1.165) is 6.42 Å². The first-order valence-electron chi connectivity index (χ1n) is 10.2. The van der Waals surface area contributed by atoms with Crippen LogP contribution in [0.5, 0.6) is 0 Å². The summed E-state index contributed by atoms with van der Waals surface area (Å²) in [6, 6.07) is 0. The van der Waals surface area contributed by atoms with Crippen LogP contribution in [0.25, 0.3) is 0 Å². The highest BCUT2D eigenvalue weighted by Crippen LogP contribution is 2.13. The summed E-state index contributed by atoms with van der Waals surface area (Å²) in [6.07, 6.45) is 24.7. The zero-order valence-corrected chi connectivity index (χ0v) is 15.9. The average molecular weight is 324 g/mol. The summed E-state index contributed by atoms with van der Waals surface area (Å²) in [7, 11) is 0. The molecule has 0 aliphatic rings. The van der Waals surface area contributed by atoms with Gasteiger partial charge >= 0.3 is 0 Å². The normalized spacial score (nSPS) is 11.2. The Labute approximate surface area is 145 Å². The minimum Gasteiger partial charge on any atom is -0.333 e. The Kier molecular flexibility index (Phi) is 18.6. The zero-order valence-electron chi connectivity index (χ0n) is 15.9. The molecule has 0 aromatic carbocycles. The van der Waals surface area contributed by atoms with E-state index in [-0.39, 0.29) is 5.91 Å². The average Bonchev–Trinajstić information content (AvgIpc) is 2.56. The minimum absolute atomic E-state index is 0.151. The van der Waals surface area contributed by atoms with E-state index in [0.29, 0.717) is 6.42 Å². The second-order valence-corrected chi connectivity index (χ2v) is 6.77. The van der Waals surface area contributed by atoms with Gasteiger partial charge in [0, 0.05) is 6.42 Å². The number of nitrogens with one attached hydrogen (secondary N) is 1. The number of carbonyl (C=O) groups is 1. The standard InChI is InChI=1S/C21H41NO/c1-3-5-6-7-8-9-10-11-12-13-14-15-16-17-18-19-21(23)22-20-4-2/h4,20H,3,5-19H2,1-2H3,(H,22,23). The quantitative estimate of drug-likeness (QED) is 0.290. The highest BCUT2D eigenvalue weighted by Gasteiger charge is 1.98. The maximum absolute atomic E-state index is 11.4. The Bertz CT molecular complexity index is 273. The molecule has 0 rings (SSSR count). The highest BCUT2D eigenvalue weighted by molar-refractivity contribution is 5.76. The van der Waals surface area contributed by atoms with Crippen LogP contribution in [0.3, 0.4) is 0 Å². The Balaban J connectivity index is 3.06. The van der Waals surface area contributed by atoms with Gasteiger partial charge in [-0.25, -0.2) is 0 Å². The maximum Gasteiger partial charge on any atom is 0.223 e. The molecule has 0 aliphatic heterocycles. The third kappa shape index (κ3) is 19.2. The van der Waals surface area contributed by atoms with Gasteiger partial charge in [-0.1, -0.05) is 103 Å². The van der Waals surface area contributed by atoms with E-state index in [2.05, 4.69) is 12.2 Å². The number of unbranched alkanes of at least 4 members (excludes halogenated alkanes) is 14. The van der Waals surface area contributed by atoms with Gasteiger partial charge in [-0.15, -0.1) is 0 Å². The van der Waals surface area contributed by atoms with Crippen molar-refractivity contribution >= 4 is 5.91 Å². The van der Waals surface area contributed by atoms with Crippen molar-refractivity contribution in [2.75, 3.05) is 0 Å². The van der Waals surface area contributed by atoms with E-state index in [4.69, 9.17) is 0 Å². The molecule has 136 valence electrons. The molecule has 1 amide bonds. The molecule has 0 bridgehead atoms. The van der Waals surface area contributed by atoms with Crippen molar-refractivity contribution in [2.24, 2.45) is 0 Å². The molecule has 23 heavy (non-hydrogen) atoms. The van der Waals surface area contributed by atoms with E-state index in [1.165, 1.54) is 89.9 Å². The van der Waals surface area contributed by atoms with Gasteiger partial charge in [-0.2, -0.15) is 0 Å². The molecule has 2 heteroatoms. The smallest absolute Gasteiger partial charge is 0.223 e. The summed E-state index contributed by atoms with van der Waals surface area (Å²) in [5.74, 6) is 0.151. The lowest BCUT2D eigenvalue weighted by atomic mass is 10.0. The molecule has 0 saturated heterocycles. The van der Waals surface area contributed by atoms with Gasteiger partial charge in [0.05, 0.1) is 0 Å². The van der Waals surface area contributed by atoms with Crippen LogP contribution in [0, 0.1) is 0 Å². The third-order valence-electron chi connectivity index (χ3n) is 4.42. The summed E-state index contributed by atoms with van der Waals surface area (Å²) in [6.45, 7) is 4.19. The van der Waals surface area contributed by atoms with Crippen LogP contribution in [0.2, 0.25) is 0 Å². The summed E-state index contributed by atoms with van der Waals surface area (Å²) in [5, 5.41) is 2.76. The summed E-state index contributed by atoms with van der Waals surface area (Å²) in [5.41, 5.74) is 0. The molecular weight excluding hydrogens is 282 g/mol. The molecule has 0 aliphatic carbocycles. The molecule has 1 N–H and O–H groups in total. The number of allylic oxidation sites excluding steroid dienone is 1. The van der Waals surface area contributed by atoms with E-state index in [1.807, 2.05) is 13.0 Å². The van der Waals surface area contributed by atoms with Gasteiger partial charge < -0.3 is 5.32 Å². The number of hydrogen-bond acceptors (Lipinski definition) is 1. The Hall–Kier alpha value is -0.790. The number of rotatable bonds is 17. The molecule has 0 radical (unpaired) electrons. The van der Waals surface area contributed by atoms with Crippen molar-refractivity contribution < 1.29 is 4.79 Å². The highest BCUT2D eigenvalue weighted by atomic mass is 16.1. The summed E-state index contributed by atoms with van der Waals surface area (Å²) >= 11 is 0. The fraction of sp³-hybridized carbons (Fsp3) is 0.857. The second kappa shape index (κ2) is 19.3. The second-order valence-electron chi connectivity index (χ2n) is 6.77. The molecule has 0 atom stereocenters. The van der Waals surface area contributed by atoms with Crippen LogP contribution in [0.15, 0.2) is 12.3 Å². The first-order chi connectivity index (χ1) is 11.3. The van der Waals surface area contributed by atoms with Gasteiger partial charge in [-0.05, 0) is 19.5 Å². The molecular formula is C21H41NO. The lowest BCUT2D eigenvalue weighted by Crippen LogP contribution is -2.15. The van der Waals surface area contributed by atoms with Crippen molar-refractivity contribution in [1.29, 1.82) is 0 Å². The maximum atomic E-state index is 11.4. The van der Waals surface area contributed by atoms with Gasteiger partial charge in [0.15, 0.2) is 0 Å². The van der Waals surface area contributed by atoms with E-state index in [9.17, 15) is 4.79 Å². The lowest BCUT2D eigenvalue weighted by molar-refractivity contribution is -0.120. The van der Waals surface area contributed by atoms with Crippen LogP contribution in [0.4, 0.5) is 0 Å². The SMILES string of the molecule is CC=CNC(=O)CCCCCCCCCCCCCCCCC. The monoisotopic (exact) mass is 323 g/mol. The molecule has 0 heterocycles. The molecule has 0 aromatic heterocycles. The molecule has 0 saturated carbocycles. The Morgan fingerprint density at radius 2 is 1.09 bits per heavy atom. The van der Waals surface area contributed by atoms with Gasteiger partial charge in [0.25, 0.3) is 0 Å². The van der Waals surface area contributed by atoms with Crippen molar-refractivity contribution in [1.82, 2.24) is 5.32 Å². The van der Waals surface area contributed by atoms with Gasteiger partial charge in [0.2, 0.25) is 5.91 Å². The Morgan fingerprint density at radius 1 is 0.696 bits per heavy atom. The van der Waals surface area contributed by atoms with E-state index >= 15 is 0 Å². The lowest BCUT2D eigenvalue weighted by Gasteiger charge is -2.03. The number of hydrogen-bond donors (Lipinski definition) is 1. The van der Waals surface area contributed by atoms with Crippen LogP contribution < -0.4 is 5.32 Å². The topological polar surface area (TPSA) is 29.1 Å². The molecule has 0 spiro atoms. The first kappa shape index (κ1) is 22.2. The molecule has 0 aromatic rings. The number of amides is 1. The largest absolute Gasteiger partial charge is 0.333 e. The van der Waals surface area contributed by atoms with Crippen LogP contribution in [-0.4, -0.2) is 5.91 Å². The Morgan fingerprint density at radius 3 is 1.48 bits per heavy atom. The van der Waals surface area contributed by atoms with Crippen molar-refractivity contribution in [2.45, 2.75) is 117 Å². The number of carbonyl (C=O) groups excluding carboxylic acids is 1. The molecule has 2 nitrogen and oxygen atoms in total. The van der Waals surface area contributed by atoms with Crippen LogP contribution in [-0.2, 0) is 4.79 Å². The van der Waals surface area contributed by atoms with Gasteiger partial charge in [0.1, 0.15) is 0 Å². The fourth-order valence-electron chi connectivity index (χ4n) is 2.91. The molecule has 0 fully saturated rings. The zero-order chi connectivity index (χ0) is 17.0. The minimum atomic E-state index is 0.151. The first-order valence-corrected chi connectivity index (χ1v) is 10.2. The van der Waals surface area contributed by atoms with Crippen molar-refractivity contribution in [3.8, 4) is 0 Å². The van der Waals surface area contributed by atoms with E-state index < -0.39 is 0 Å².